The van der Waals surface area contributed by atoms with E-state index in [2.05, 4.69) is 50.8 Å². The van der Waals surface area contributed by atoms with Crippen LogP contribution in [0.4, 0.5) is 17.1 Å². The Morgan fingerprint density at radius 2 is 1.75 bits per heavy atom. The van der Waals surface area contributed by atoms with Crippen molar-refractivity contribution in [1.82, 2.24) is 14.6 Å². The number of nitro benzene ring substituents is 1. The van der Waals surface area contributed by atoms with E-state index in [0.717, 1.165) is 92.5 Å². The molecule has 1 aromatic heterocycles. The number of anilines is 2. The molecule has 5 aromatic rings. The molecule has 8 rings (SSSR count). The number of allylic oxidation sites excluding steroid dienone is 1. The van der Waals surface area contributed by atoms with Gasteiger partial charge in [0.1, 0.15) is 17.2 Å². The van der Waals surface area contributed by atoms with Gasteiger partial charge in [0.05, 0.1) is 15.4 Å². The molecule has 1 amide bonds. The third-order valence-corrected chi connectivity index (χ3v) is 13.7. The van der Waals surface area contributed by atoms with E-state index < -0.39 is 31.4 Å². The Hall–Kier alpha value is -5.41. The lowest BCUT2D eigenvalue weighted by molar-refractivity contribution is -0.384. The van der Waals surface area contributed by atoms with Crippen molar-refractivity contribution in [3.05, 3.63) is 123 Å². The van der Waals surface area contributed by atoms with E-state index in [4.69, 9.17) is 21.1 Å². The first-order chi connectivity index (χ1) is 29.3. The van der Waals surface area contributed by atoms with Crippen molar-refractivity contribution in [3.63, 3.8) is 0 Å². The number of fused-ring (bicyclic) bond motifs is 1. The lowest BCUT2D eigenvalue weighted by Gasteiger charge is -2.39. The molecule has 3 heterocycles. The van der Waals surface area contributed by atoms with Crippen molar-refractivity contribution in [2.45, 2.75) is 50.8 Å². The van der Waals surface area contributed by atoms with Crippen molar-refractivity contribution >= 4 is 61.1 Å². The lowest BCUT2D eigenvalue weighted by Crippen LogP contribution is -2.47. The average Bonchev–Trinajstić information content (AvgIpc) is 3.72. The number of aromatic nitrogens is 1. The number of nitrogens with zero attached hydrogens (tertiary/aromatic N) is 3. The fourth-order valence-electron chi connectivity index (χ4n) is 8.62. The number of aromatic amines is 1. The number of amides is 1. The fourth-order valence-corrected chi connectivity index (χ4v) is 9.73. The van der Waals surface area contributed by atoms with Gasteiger partial charge < -0.3 is 24.7 Å². The molecular weight excluding hydrogens is 816 g/mol. The molecule has 0 unspecified atom stereocenters. The van der Waals surface area contributed by atoms with Crippen LogP contribution in [0.5, 0.6) is 11.5 Å². The molecule has 0 spiro atoms. The number of piperazine rings is 1. The Morgan fingerprint density at radius 1 is 0.984 bits per heavy atom. The summed E-state index contributed by atoms with van der Waals surface area (Å²) in [5.41, 5.74) is 5.89. The Balaban J connectivity index is 1.01. The standard InChI is InChI=1S/C46H51ClN6O7S/c1-46(2)17-13-39(32-3-5-35(47)6-4-32)34(28-46)30-51-19-21-52(22-20-51)36-7-10-40(44(26-36)60-37-8-11-41-33(25-37)14-18-48-41)45(54)50-61(57,58)38-9-12-42(43(27-38)53(55)56)49-29-31-15-23-59-24-16-31/h3-12,14,18,25-27,31,48-49H,13,15-17,19-24,28-30H2,1-2H3,(H,50,54). The molecule has 2 aliphatic heterocycles. The van der Waals surface area contributed by atoms with E-state index in [1.165, 1.54) is 28.8 Å². The number of nitro groups is 1. The van der Waals surface area contributed by atoms with Gasteiger partial charge in [-0.2, -0.15) is 0 Å². The maximum atomic E-state index is 13.9. The first-order valence-electron chi connectivity index (χ1n) is 20.8. The second-order valence-corrected chi connectivity index (χ2v) is 19.1. The summed E-state index contributed by atoms with van der Waals surface area (Å²) < 4.78 is 41.3. The lowest BCUT2D eigenvalue weighted by atomic mass is 9.73. The van der Waals surface area contributed by atoms with Gasteiger partial charge in [0.15, 0.2) is 0 Å². The SMILES string of the molecule is CC1(C)CCC(c2ccc(Cl)cc2)=C(CN2CCN(c3ccc(C(=O)NS(=O)(=O)c4ccc(NCC5CCOCC5)c([N+](=O)[O-])c4)c(Oc4ccc5[nH]ccc5c4)c3)CC2)C1. The minimum Gasteiger partial charge on any atom is -0.456 e. The Labute approximate surface area is 361 Å². The first-order valence-corrected chi connectivity index (χ1v) is 22.7. The zero-order valence-electron chi connectivity index (χ0n) is 34.4. The molecule has 320 valence electrons. The van der Waals surface area contributed by atoms with Gasteiger partial charge in [-0.3, -0.25) is 19.8 Å². The molecule has 2 fully saturated rings. The maximum absolute atomic E-state index is 13.9. The van der Waals surface area contributed by atoms with Crippen LogP contribution in [-0.4, -0.2) is 81.6 Å². The van der Waals surface area contributed by atoms with Crippen molar-refractivity contribution in [1.29, 1.82) is 0 Å². The van der Waals surface area contributed by atoms with E-state index in [9.17, 15) is 23.3 Å². The Kier molecular flexibility index (Phi) is 12.4. The number of benzene rings is 4. The van der Waals surface area contributed by atoms with Crippen LogP contribution < -0.4 is 19.7 Å². The predicted molar refractivity (Wildman–Crippen MR) is 239 cm³/mol. The molecule has 2 saturated heterocycles. The third-order valence-electron chi connectivity index (χ3n) is 12.1. The van der Waals surface area contributed by atoms with Crippen molar-refractivity contribution < 1.29 is 27.6 Å². The number of ether oxygens (including phenoxy) is 2. The first kappa shape index (κ1) is 42.3. The molecule has 15 heteroatoms. The number of nitrogens with one attached hydrogen (secondary N) is 3. The van der Waals surface area contributed by atoms with Gasteiger partial charge in [-0.25, -0.2) is 13.1 Å². The van der Waals surface area contributed by atoms with Gasteiger partial charge in [0.2, 0.25) is 0 Å². The average molecular weight is 867 g/mol. The minimum atomic E-state index is -4.54. The Morgan fingerprint density at radius 3 is 2.51 bits per heavy atom. The summed E-state index contributed by atoms with van der Waals surface area (Å²) in [5.74, 6) is -0.0206. The second-order valence-electron chi connectivity index (χ2n) is 17.0. The smallest absolute Gasteiger partial charge is 0.293 e. The largest absolute Gasteiger partial charge is 0.456 e. The number of carbonyl (C=O) groups is 1. The van der Waals surface area contributed by atoms with E-state index in [0.29, 0.717) is 25.5 Å². The zero-order chi connectivity index (χ0) is 42.7. The van der Waals surface area contributed by atoms with Crippen LogP contribution in [-0.2, 0) is 14.8 Å². The second kappa shape index (κ2) is 17.9. The summed E-state index contributed by atoms with van der Waals surface area (Å²) in [6, 6.07) is 24.3. The van der Waals surface area contributed by atoms with E-state index in [1.807, 2.05) is 36.5 Å². The molecule has 3 aliphatic rings. The van der Waals surface area contributed by atoms with Gasteiger partial charge in [0.25, 0.3) is 21.6 Å². The molecule has 0 radical (unpaired) electrons. The predicted octanol–water partition coefficient (Wildman–Crippen LogP) is 9.26. The van der Waals surface area contributed by atoms with Crippen LogP contribution in [0.2, 0.25) is 5.02 Å². The Bertz CT molecular complexity index is 2560. The highest BCUT2D eigenvalue weighted by molar-refractivity contribution is 7.90. The quantitative estimate of drug-likeness (QED) is 0.0769. The summed E-state index contributed by atoms with van der Waals surface area (Å²) in [5, 5.41) is 16.8. The number of hydrogen-bond acceptors (Lipinski definition) is 10. The molecule has 61 heavy (non-hydrogen) atoms. The van der Waals surface area contributed by atoms with Gasteiger partial charge in [-0.1, -0.05) is 43.2 Å². The van der Waals surface area contributed by atoms with E-state index >= 15 is 0 Å². The van der Waals surface area contributed by atoms with Crippen LogP contribution in [0.1, 0.15) is 61.9 Å². The molecule has 0 atom stereocenters. The zero-order valence-corrected chi connectivity index (χ0v) is 36.0. The summed E-state index contributed by atoms with van der Waals surface area (Å²) in [6.45, 7) is 10.4. The minimum absolute atomic E-state index is 0.00838. The summed E-state index contributed by atoms with van der Waals surface area (Å²) >= 11 is 6.23. The highest BCUT2D eigenvalue weighted by Gasteiger charge is 2.31. The van der Waals surface area contributed by atoms with Crippen LogP contribution in [0.3, 0.4) is 0 Å². The number of carbonyl (C=O) groups excluding carboxylic acids is 1. The van der Waals surface area contributed by atoms with Gasteiger partial charge in [-0.15, -0.1) is 0 Å². The normalized spacial score (nSPS) is 17.7. The molecule has 13 nitrogen and oxygen atoms in total. The molecule has 4 aromatic carbocycles. The van der Waals surface area contributed by atoms with Crippen LogP contribution in [0, 0.1) is 21.4 Å². The fraction of sp³-hybridized carbons (Fsp3) is 0.370. The molecule has 3 N–H and O–H groups in total. The monoisotopic (exact) mass is 866 g/mol. The van der Waals surface area contributed by atoms with E-state index in [-0.39, 0.29) is 28.3 Å². The third kappa shape index (κ3) is 10.0. The molecule has 0 bridgehead atoms. The molecular formula is C46H51ClN6O7S. The highest BCUT2D eigenvalue weighted by atomic mass is 35.5. The van der Waals surface area contributed by atoms with Gasteiger partial charge >= 0.3 is 0 Å². The van der Waals surface area contributed by atoms with Crippen LogP contribution >= 0.6 is 11.6 Å². The van der Waals surface area contributed by atoms with Crippen molar-refractivity contribution in [2.24, 2.45) is 11.3 Å². The number of halogens is 1. The van der Waals surface area contributed by atoms with Crippen molar-refractivity contribution in [2.75, 3.05) is 62.7 Å². The van der Waals surface area contributed by atoms with Gasteiger partial charge in [-0.05, 0) is 115 Å². The summed E-state index contributed by atoms with van der Waals surface area (Å²) in [4.78, 5) is 32.9. The van der Waals surface area contributed by atoms with Crippen LogP contribution in [0.25, 0.3) is 16.5 Å². The molecule has 1 aliphatic carbocycles. The van der Waals surface area contributed by atoms with Crippen molar-refractivity contribution in [3.8, 4) is 11.5 Å². The number of sulfonamides is 1. The highest BCUT2D eigenvalue weighted by Crippen LogP contribution is 2.43. The van der Waals surface area contributed by atoms with Gasteiger partial charge in [0, 0.05) is 92.4 Å². The van der Waals surface area contributed by atoms with E-state index in [1.54, 1.807) is 24.3 Å². The number of hydrogen-bond donors (Lipinski definition) is 3. The number of H-pyrrole nitrogens is 1. The topological polar surface area (TPSA) is 159 Å². The number of rotatable bonds is 13. The summed E-state index contributed by atoms with van der Waals surface area (Å²) in [6.07, 6.45) is 6.68. The maximum Gasteiger partial charge on any atom is 0.293 e. The van der Waals surface area contributed by atoms with Crippen LogP contribution in [0.15, 0.2) is 102 Å². The molecule has 0 saturated carbocycles. The summed E-state index contributed by atoms with van der Waals surface area (Å²) in [7, 11) is -4.54.